The molecule has 1 aromatic heterocycles. The number of carbonyl (C=O) groups is 1. The Kier molecular flexibility index (Phi) is 5.81. The van der Waals surface area contributed by atoms with Crippen LogP contribution >= 0.6 is 0 Å². The van der Waals surface area contributed by atoms with Crippen LogP contribution in [0.5, 0.6) is 0 Å². The van der Waals surface area contributed by atoms with Gasteiger partial charge in [-0.2, -0.15) is 5.10 Å². The van der Waals surface area contributed by atoms with Crippen LogP contribution in [0.3, 0.4) is 0 Å². The zero-order valence-electron chi connectivity index (χ0n) is 15.0. The Bertz CT molecular complexity index is 1010. The first-order valence-corrected chi connectivity index (χ1v) is 8.48. The quantitative estimate of drug-likeness (QED) is 0.281. The standard InChI is InChI=1S/C20H17N3O5/c1-2-27-20(24)15-9-7-14(8-10-15)19-12-11-16(28-19)13-21-22-17-5-3-4-6-18(17)23(25)26/h3-13,22H,2H2,1H3/b21-13-. The van der Waals surface area contributed by atoms with E-state index in [0.29, 0.717) is 23.7 Å². The summed E-state index contributed by atoms with van der Waals surface area (Å²) in [5.74, 6) is 0.695. The Morgan fingerprint density at radius 3 is 2.64 bits per heavy atom. The topological polar surface area (TPSA) is 107 Å². The van der Waals surface area contributed by atoms with E-state index in [1.54, 1.807) is 61.5 Å². The van der Waals surface area contributed by atoms with Crippen LogP contribution in [0, 0.1) is 10.1 Å². The third kappa shape index (κ3) is 4.42. The van der Waals surface area contributed by atoms with Crippen molar-refractivity contribution in [1.29, 1.82) is 0 Å². The Labute approximate surface area is 160 Å². The fraction of sp³-hybridized carbons (Fsp3) is 0.100. The van der Waals surface area contributed by atoms with Crippen molar-refractivity contribution in [1.82, 2.24) is 0 Å². The van der Waals surface area contributed by atoms with Crippen molar-refractivity contribution >= 4 is 23.6 Å². The summed E-state index contributed by atoms with van der Waals surface area (Å²) in [5.41, 5.74) is 4.11. The highest BCUT2D eigenvalue weighted by molar-refractivity contribution is 5.90. The van der Waals surface area contributed by atoms with Crippen molar-refractivity contribution in [2.45, 2.75) is 6.92 Å². The first-order chi connectivity index (χ1) is 13.6. The number of ether oxygens (including phenoxy) is 1. The minimum absolute atomic E-state index is 0.0681. The van der Waals surface area contributed by atoms with Gasteiger partial charge in [-0.25, -0.2) is 4.79 Å². The monoisotopic (exact) mass is 379 g/mol. The van der Waals surface area contributed by atoms with Gasteiger partial charge in [0.15, 0.2) is 0 Å². The van der Waals surface area contributed by atoms with Crippen LogP contribution in [0.1, 0.15) is 23.0 Å². The molecule has 0 radical (unpaired) electrons. The van der Waals surface area contributed by atoms with Crippen LogP contribution in [-0.2, 0) is 4.74 Å². The SMILES string of the molecule is CCOC(=O)c1ccc(-c2ccc(/C=N\Nc3ccccc3[N+](=O)[O-])o2)cc1. The number of anilines is 1. The van der Waals surface area contributed by atoms with E-state index >= 15 is 0 Å². The van der Waals surface area contributed by atoms with Crippen molar-refractivity contribution in [3.05, 3.63) is 82.1 Å². The number of rotatable bonds is 7. The van der Waals surface area contributed by atoms with Gasteiger partial charge in [0, 0.05) is 11.6 Å². The molecule has 8 nitrogen and oxygen atoms in total. The van der Waals surface area contributed by atoms with Crippen LogP contribution < -0.4 is 5.43 Å². The number of furan rings is 1. The number of para-hydroxylation sites is 2. The van der Waals surface area contributed by atoms with Crippen molar-refractivity contribution in [2.24, 2.45) is 5.10 Å². The maximum absolute atomic E-state index is 11.7. The predicted molar refractivity (Wildman–Crippen MR) is 104 cm³/mol. The van der Waals surface area contributed by atoms with Crippen LogP contribution in [0.15, 0.2) is 70.2 Å². The third-order valence-corrected chi connectivity index (χ3v) is 3.78. The Morgan fingerprint density at radius 2 is 1.93 bits per heavy atom. The molecule has 28 heavy (non-hydrogen) atoms. The first kappa shape index (κ1) is 18.8. The largest absolute Gasteiger partial charge is 0.462 e. The van der Waals surface area contributed by atoms with Gasteiger partial charge >= 0.3 is 5.97 Å². The molecule has 2 aromatic carbocycles. The van der Waals surface area contributed by atoms with E-state index in [2.05, 4.69) is 10.5 Å². The lowest BCUT2D eigenvalue weighted by Gasteiger charge is -2.02. The maximum Gasteiger partial charge on any atom is 0.338 e. The number of benzene rings is 2. The molecule has 0 atom stereocenters. The molecule has 3 aromatic rings. The van der Waals surface area contributed by atoms with Gasteiger partial charge in [-0.05, 0) is 37.3 Å². The molecular formula is C20H17N3O5. The van der Waals surface area contributed by atoms with Crippen LogP contribution in [-0.4, -0.2) is 23.7 Å². The van der Waals surface area contributed by atoms with E-state index in [4.69, 9.17) is 9.15 Å². The summed E-state index contributed by atoms with van der Waals surface area (Å²) in [6.45, 7) is 2.07. The number of hydrogen-bond acceptors (Lipinski definition) is 7. The molecular weight excluding hydrogens is 362 g/mol. The smallest absolute Gasteiger partial charge is 0.338 e. The molecule has 1 heterocycles. The molecule has 0 aliphatic carbocycles. The number of hydrogen-bond donors (Lipinski definition) is 1. The number of esters is 1. The van der Waals surface area contributed by atoms with Gasteiger partial charge in [-0.3, -0.25) is 15.5 Å². The number of hydrazone groups is 1. The maximum atomic E-state index is 11.7. The summed E-state index contributed by atoms with van der Waals surface area (Å²) < 4.78 is 10.6. The van der Waals surface area contributed by atoms with Gasteiger partial charge in [0.2, 0.25) is 0 Å². The van der Waals surface area contributed by atoms with Gasteiger partial charge in [-0.15, -0.1) is 0 Å². The summed E-state index contributed by atoms with van der Waals surface area (Å²) in [4.78, 5) is 22.2. The summed E-state index contributed by atoms with van der Waals surface area (Å²) in [5, 5.41) is 15.0. The molecule has 0 spiro atoms. The summed E-state index contributed by atoms with van der Waals surface area (Å²) in [6, 6.07) is 16.6. The Morgan fingerprint density at radius 1 is 1.18 bits per heavy atom. The number of carbonyl (C=O) groups excluding carboxylic acids is 1. The van der Waals surface area contributed by atoms with E-state index in [1.165, 1.54) is 12.3 Å². The number of nitrogens with one attached hydrogen (secondary N) is 1. The summed E-state index contributed by atoms with van der Waals surface area (Å²) in [6.07, 6.45) is 1.42. The first-order valence-electron chi connectivity index (χ1n) is 8.48. The van der Waals surface area contributed by atoms with Crippen molar-refractivity contribution < 1.29 is 18.9 Å². The van der Waals surface area contributed by atoms with Crippen molar-refractivity contribution in [3.8, 4) is 11.3 Å². The van der Waals surface area contributed by atoms with Gasteiger partial charge in [-0.1, -0.05) is 24.3 Å². The summed E-state index contributed by atoms with van der Waals surface area (Å²) in [7, 11) is 0. The van der Waals surface area contributed by atoms with E-state index in [-0.39, 0.29) is 17.3 Å². The average molecular weight is 379 g/mol. The van der Waals surface area contributed by atoms with Gasteiger partial charge in [0.25, 0.3) is 5.69 Å². The molecule has 1 N–H and O–H groups in total. The highest BCUT2D eigenvalue weighted by Gasteiger charge is 2.11. The number of nitro groups is 1. The Balaban J connectivity index is 1.68. The number of nitrogens with zero attached hydrogens (tertiary/aromatic N) is 2. The van der Waals surface area contributed by atoms with Gasteiger partial charge in [0.05, 0.1) is 23.3 Å². The molecule has 142 valence electrons. The minimum atomic E-state index is -0.483. The van der Waals surface area contributed by atoms with E-state index in [9.17, 15) is 14.9 Å². The highest BCUT2D eigenvalue weighted by Crippen LogP contribution is 2.24. The van der Waals surface area contributed by atoms with Crippen LogP contribution in [0.2, 0.25) is 0 Å². The second kappa shape index (κ2) is 8.63. The van der Waals surface area contributed by atoms with Crippen LogP contribution in [0.4, 0.5) is 11.4 Å². The van der Waals surface area contributed by atoms with E-state index in [0.717, 1.165) is 5.56 Å². The third-order valence-electron chi connectivity index (χ3n) is 3.78. The lowest BCUT2D eigenvalue weighted by Crippen LogP contribution is -2.03. The summed E-state index contributed by atoms with van der Waals surface area (Å²) >= 11 is 0. The molecule has 0 saturated carbocycles. The fourth-order valence-electron chi connectivity index (χ4n) is 2.46. The predicted octanol–water partition coefficient (Wildman–Crippen LogP) is 4.48. The van der Waals surface area contributed by atoms with Gasteiger partial charge < -0.3 is 9.15 Å². The second-order valence-corrected chi connectivity index (χ2v) is 5.64. The molecule has 0 bridgehead atoms. The molecule has 0 fully saturated rings. The van der Waals surface area contributed by atoms with E-state index < -0.39 is 4.92 Å². The lowest BCUT2D eigenvalue weighted by atomic mass is 10.1. The number of nitro benzene ring substituents is 1. The second-order valence-electron chi connectivity index (χ2n) is 5.64. The Hall–Kier alpha value is -3.94. The highest BCUT2D eigenvalue weighted by atomic mass is 16.6. The molecule has 0 aliphatic rings. The molecule has 0 unspecified atom stereocenters. The van der Waals surface area contributed by atoms with Gasteiger partial charge in [0.1, 0.15) is 17.2 Å². The molecule has 0 saturated heterocycles. The normalized spacial score (nSPS) is 10.8. The zero-order valence-corrected chi connectivity index (χ0v) is 15.0. The van der Waals surface area contributed by atoms with E-state index in [1.807, 2.05) is 0 Å². The molecule has 0 amide bonds. The molecule has 0 aliphatic heterocycles. The average Bonchev–Trinajstić information content (AvgIpc) is 3.17. The molecule has 3 rings (SSSR count). The van der Waals surface area contributed by atoms with Crippen LogP contribution in [0.25, 0.3) is 11.3 Å². The molecule has 8 heteroatoms. The van der Waals surface area contributed by atoms with Crippen molar-refractivity contribution in [3.63, 3.8) is 0 Å². The minimum Gasteiger partial charge on any atom is -0.462 e. The zero-order chi connectivity index (χ0) is 19.9. The lowest BCUT2D eigenvalue weighted by molar-refractivity contribution is -0.384. The fourth-order valence-corrected chi connectivity index (χ4v) is 2.46. The van der Waals surface area contributed by atoms with Crippen molar-refractivity contribution in [2.75, 3.05) is 12.0 Å².